The van der Waals surface area contributed by atoms with Gasteiger partial charge in [0.05, 0.1) is 22.9 Å². The summed E-state index contributed by atoms with van der Waals surface area (Å²) in [5, 5.41) is 23.3. The largest absolute Gasteiger partial charge is 0.386 e. The minimum Gasteiger partial charge on any atom is -0.386 e. The number of fused-ring (bicyclic) bond motifs is 3. The fourth-order valence-electron chi connectivity index (χ4n) is 3.53. The molecule has 0 bridgehead atoms. The third-order valence-electron chi connectivity index (χ3n) is 5.05. The fraction of sp³-hybridized carbons (Fsp3) is 0.182. The van der Waals surface area contributed by atoms with Crippen molar-refractivity contribution in [2.24, 2.45) is 7.05 Å². The monoisotopic (exact) mass is 428 g/mol. The van der Waals surface area contributed by atoms with Crippen molar-refractivity contribution in [1.82, 2.24) is 34.3 Å². The molecule has 2 N–H and O–H groups in total. The normalized spacial score (nSPS) is 11.9. The van der Waals surface area contributed by atoms with E-state index in [1.807, 2.05) is 31.4 Å². The number of nitrogens with zero attached hydrogens (tertiary/aromatic N) is 7. The molecule has 1 aromatic carbocycles. The molecule has 10 nitrogen and oxygen atoms in total. The van der Waals surface area contributed by atoms with Crippen LogP contribution in [0.25, 0.3) is 27.9 Å². The Balaban J connectivity index is 1.83. The van der Waals surface area contributed by atoms with Gasteiger partial charge in [-0.1, -0.05) is 18.2 Å². The van der Waals surface area contributed by atoms with Gasteiger partial charge in [0.1, 0.15) is 5.69 Å². The summed E-state index contributed by atoms with van der Waals surface area (Å²) in [5.74, 6) is 0.736. The van der Waals surface area contributed by atoms with Gasteiger partial charge >= 0.3 is 0 Å². The summed E-state index contributed by atoms with van der Waals surface area (Å²) >= 11 is 0. The van der Waals surface area contributed by atoms with Crippen LogP contribution in [-0.2, 0) is 12.6 Å². The molecule has 10 heteroatoms. The molecular formula is C22H20N8O2. The van der Waals surface area contributed by atoms with Crippen LogP contribution in [0.2, 0.25) is 0 Å². The van der Waals surface area contributed by atoms with Gasteiger partial charge in [-0.05, 0) is 32.0 Å². The lowest BCUT2D eigenvalue weighted by molar-refractivity contribution is 0.0800. The number of rotatable bonds is 4. The van der Waals surface area contributed by atoms with Crippen molar-refractivity contribution in [2.75, 3.05) is 5.32 Å². The van der Waals surface area contributed by atoms with Crippen LogP contribution in [0.3, 0.4) is 0 Å². The zero-order chi connectivity index (χ0) is 22.5. The molecule has 0 saturated carbocycles. The highest BCUT2D eigenvalue weighted by atomic mass is 16.3. The van der Waals surface area contributed by atoms with Gasteiger partial charge in [0, 0.05) is 30.4 Å². The standard InChI is InChI=1S/C22H20N8O2/c1-22(2,32)15-8-6-7-14-17(15)26-21(25-16-9-4-5-10-23-20(16)31)30-19(14)27-18(28-30)13-11-24-29(3)12-13/h4-12,32H,1-3H3,(H,23,25,26,31). The van der Waals surface area contributed by atoms with Gasteiger partial charge in [-0.3, -0.25) is 9.48 Å². The molecule has 5 aromatic rings. The molecule has 0 aliphatic rings. The van der Waals surface area contributed by atoms with E-state index in [1.165, 1.54) is 6.20 Å². The maximum absolute atomic E-state index is 12.4. The smallest absolute Gasteiger partial charge is 0.293 e. The minimum atomic E-state index is -1.14. The third-order valence-corrected chi connectivity index (χ3v) is 5.05. The quantitative estimate of drug-likeness (QED) is 0.447. The van der Waals surface area contributed by atoms with Gasteiger partial charge in [0.2, 0.25) is 5.95 Å². The van der Waals surface area contributed by atoms with Crippen LogP contribution >= 0.6 is 0 Å². The van der Waals surface area contributed by atoms with Crippen molar-refractivity contribution in [2.45, 2.75) is 19.4 Å². The van der Waals surface area contributed by atoms with E-state index in [9.17, 15) is 9.90 Å². The molecule has 4 heterocycles. The predicted molar refractivity (Wildman–Crippen MR) is 120 cm³/mol. The second-order valence-electron chi connectivity index (χ2n) is 7.94. The number of aliphatic hydroxyl groups is 1. The summed E-state index contributed by atoms with van der Waals surface area (Å²) in [6.45, 7) is 3.39. The van der Waals surface area contributed by atoms with E-state index in [1.54, 1.807) is 47.4 Å². The number of hydrogen-bond acceptors (Lipinski definition) is 8. The number of anilines is 2. The van der Waals surface area contributed by atoms with Crippen molar-refractivity contribution in [3.8, 4) is 11.4 Å². The van der Waals surface area contributed by atoms with E-state index < -0.39 is 11.2 Å². The van der Waals surface area contributed by atoms with E-state index >= 15 is 0 Å². The molecule has 0 aliphatic carbocycles. The molecule has 0 spiro atoms. The molecular weight excluding hydrogens is 408 g/mol. The lowest BCUT2D eigenvalue weighted by atomic mass is 9.96. The lowest BCUT2D eigenvalue weighted by Crippen LogP contribution is -2.17. The first-order valence-electron chi connectivity index (χ1n) is 9.95. The van der Waals surface area contributed by atoms with Crippen molar-refractivity contribution < 1.29 is 5.11 Å². The van der Waals surface area contributed by atoms with Crippen LogP contribution in [0.5, 0.6) is 0 Å². The Bertz CT molecular complexity index is 1530. The van der Waals surface area contributed by atoms with Gasteiger partial charge in [-0.25, -0.2) is 15.0 Å². The molecule has 4 aromatic heterocycles. The van der Waals surface area contributed by atoms with Gasteiger partial charge in [0.15, 0.2) is 11.5 Å². The van der Waals surface area contributed by atoms with Crippen LogP contribution in [0, 0.1) is 0 Å². The Morgan fingerprint density at radius 1 is 1.09 bits per heavy atom. The van der Waals surface area contributed by atoms with Crippen molar-refractivity contribution in [3.63, 3.8) is 0 Å². The first kappa shape index (κ1) is 19.8. The van der Waals surface area contributed by atoms with Crippen molar-refractivity contribution in [1.29, 1.82) is 0 Å². The van der Waals surface area contributed by atoms with Gasteiger partial charge < -0.3 is 10.4 Å². The fourth-order valence-corrected chi connectivity index (χ4v) is 3.53. The molecule has 32 heavy (non-hydrogen) atoms. The average molecular weight is 428 g/mol. The van der Waals surface area contributed by atoms with Crippen LogP contribution in [-0.4, -0.2) is 39.5 Å². The number of aryl methyl sites for hydroxylation is 1. The highest BCUT2D eigenvalue weighted by Crippen LogP contribution is 2.31. The predicted octanol–water partition coefficient (Wildman–Crippen LogP) is 2.40. The Kier molecular flexibility index (Phi) is 4.45. The lowest BCUT2D eigenvalue weighted by Gasteiger charge is -2.20. The number of para-hydroxylation sites is 1. The average Bonchev–Trinajstić information content (AvgIpc) is 3.33. The molecule has 0 fully saturated rings. The van der Waals surface area contributed by atoms with E-state index in [0.717, 1.165) is 10.9 Å². The zero-order valence-corrected chi connectivity index (χ0v) is 17.7. The summed E-state index contributed by atoms with van der Waals surface area (Å²) in [4.78, 5) is 25.7. The first-order valence-corrected chi connectivity index (χ1v) is 9.95. The highest BCUT2D eigenvalue weighted by molar-refractivity contribution is 5.95. The zero-order valence-electron chi connectivity index (χ0n) is 17.7. The Labute approximate surface area is 182 Å². The van der Waals surface area contributed by atoms with Crippen LogP contribution < -0.4 is 10.9 Å². The van der Waals surface area contributed by atoms with E-state index in [-0.39, 0.29) is 11.6 Å². The summed E-state index contributed by atoms with van der Waals surface area (Å²) in [7, 11) is 1.82. The van der Waals surface area contributed by atoms with Crippen LogP contribution in [0.15, 0.2) is 59.8 Å². The van der Waals surface area contributed by atoms with E-state index in [4.69, 9.17) is 9.97 Å². The number of hydrogen-bond donors (Lipinski definition) is 2. The van der Waals surface area contributed by atoms with Crippen molar-refractivity contribution >= 4 is 28.2 Å². The molecule has 0 atom stereocenters. The van der Waals surface area contributed by atoms with Gasteiger partial charge in [-0.2, -0.15) is 9.61 Å². The maximum atomic E-state index is 12.4. The minimum absolute atomic E-state index is 0.238. The number of nitrogens with one attached hydrogen (secondary N) is 1. The topological polar surface area (TPSA) is 123 Å². The Morgan fingerprint density at radius 3 is 2.69 bits per heavy atom. The van der Waals surface area contributed by atoms with Crippen molar-refractivity contribution in [3.05, 3.63) is 70.9 Å². The summed E-state index contributed by atoms with van der Waals surface area (Å²) in [6.07, 6.45) is 4.92. The van der Waals surface area contributed by atoms with E-state index in [2.05, 4.69) is 20.5 Å². The maximum Gasteiger partial charge on any atom is 0.293 e. The molecule has 0 unspecified atom stereocenters. The molecule has 0 radical (unpaired) electrons. The Morgan fingerprint density at radius 2 is 1.94 bits per heavy atom. The number of aromatic nitrogens is 7. The SMILES string of the molecule is Cn1cc(-c2nc3c4cccc(C(C)(C)O)c4nc(Nc4ccccnc4=O)n3n2)cn1. The van der Waals surface area contributed by atoms with Crippen LogP contribution in [0.1, 0.15) is 19.4 Å². The summed E-state index contributed by atoms with van der Waals surface area (Å²) in [6, 6.07) is 10.5. The van der Waals surface area contributed by atoms with Gasteiger partial charge in [-0.15, -0.1) is 5.10 Å². The molecule has 160 valence electrons. The molecule has 5 rings (SSSR count). The molecule has 0 aliphatic heterocycles. The summed E-state index contributed by atoms with van der Waals surface area (Å²) < 4.78 is 3.22. The highest BCUT2D eigenvalue weighted by Gasteiger charge is 2.23. The second kappa shape index (κ2) is 7.20. The second-order valence-corrected chi connectivity index (χ2v) is 7.94. The third kappa shape index (κ3) is 3.36. The number of benzene rings is 1. The summed E-state index contributed by atoms with van der Waals surface area (Å²) in [5.41, 5.74) is 1.12. The van der Waals surface area contributed by atoms with Gasteiger partial charge in [0.25, 0.3) is 5.56 Å². The Hall–Kier alpha value is -4.18. The molecule has 0 amide bonds. The first-order chi connectivity index (χ1) is 15.3. The van der Waals surface area contributed by atoms with Crippen LogP contribution in [0.4, 0.5) is 11.6 Å². The molecule has 0 saturated heterocycles. The van der Waals surface area contributed by atoms with E-state index in [0.29, 0.717) is 22.6 Å².